The van der Waals surface area contributed by atoms with Crippen LogP contribution in [0.1, 0.15) is 24.8 Å². The number of hydrogen-bond donors (Lipinski definition) is 0. The van der Waals surface area contributed by atoms with E-state index in [0.717, 1.165) is 19.4 Å². The molecular formula is C16H21NO3. The van der Waals surface area contributed by atoms with Gasteiger partial charge in [-0.15, -0.1) is 0 Å². The molecule has 0 N–H and O–H groups in total. The van der Waals surface area contributed by atoms with Crippen molar-refractivity contribution in [2.75, 3.05) is 13.7 Å². The first-order valence-corrected chi connectivity index (χ1v) is 7.29. The summed E-state index contributed by atoms with van der Waals surface area (Å²) in [5, 5.41) is 0. The number of ether oxygens (including phenoxy) is 2. The highest BCUT2D eigenvalue weighted by atomic mass is 16.5. The molecule has 2 fully saturated rings. The van der Waals surface area contributed by atoms with Gasteiger partial charge in [-0.1, -0.05) is 36.8 Å². The number of hydrogen-bond acceptors (Lipinski definition) is 3. The molecule has 1 saturated heterocycles. The van der Waals surface area contributed by atoms with Crippen LogP contribution < -0.4 is 0 Å². The summed E-state index contributed by atoms with van der Waals surface area (Å²) >= 11 is 0. The minimum atomic E-state index is -0.185. The summed E-state index contributed by atoms with van der Waals surface area (Å²) in [6.45, 7) is 1.37. The van der Waals surface area contributed by atoms with Crippen LogP contribution >= 0.6 is 0 Å². The zero-order valence-corrected chi connectivity index (χ0v) is 11.8. The van der Waals surface area contributed by atoms with E-state index in [4.69, 9.17) is 9.47 Å². The molecular weight excluding hydrogens is 254 g/mol. The SMILES string of the molecule is COC(=O)N1[C@H]2[C@@H](COCc3ccccc3)CCC[C@H]21. The van der Waals surface area contributed by atoms with E-state index < -0.39 is 0 Å². The number of rotatable bonds is 4. The van der Waals surface area contributed by atoms with E-state index in [-0.39, 0.29) is 6.09 Å². The monoisotopic (exact) mass is 275 g/mol. The fourth-order valence-corrected chi connectivity index (χ4v) is 3.36. The van der Waals surface area contributed by atoms with Crippen LogP contribution in [0.3, 0.4) is 0 Å². The molecule has 0 aromatic heterocycles. The molecule has 1 aromatic rings. The van der Waals surface area contributed by atoms with Crippen molar-refractivity contribution in [3.63, 3.8) is 0 Å². The standard InChI is InChI=1S/C16H21NO3/c1-19-16(18)17-14-9-5-8-13(15(14)17)11-20-10-12-6-3-2-4-7-12/h2-4,6-7,13-15H,5,8-11H2,1H3/t13-,14-,15+,17?/m1/s1. The highest BCUT2D eigenvalue weighted by Crippen LogP contribution is 2.44. The summed E-state index contributed by atoms with van der Waals surface area (Å²) in [6, 6.07) is 10.9. The molecule has 1 saturated carbocycles. The van der Waals surface area contributed by atoms with Crippen molar-refractivity contribution in [3.8, 4) is 0 Å². The Labute approximate surface area is 119 Å². The van der Waals surface area contributed by atoms with Gasteiger partial charge in [-0.25, -0.2) is 4.79 Å². The molecule has 20 heavy (non-hydrogen) atoms. The van der Waals surface area contributed by atoms with E-state index >= 15 is 0 Å². The van der Waals surface area contributed by atoms with Crippen molar-refractivity contribution in [2.45, 2.75) is 38.0 Å². The molecule has 4 heteroatoms. The third-order valence-corrected chi connectivity index (χ3v) is 4.37. The summed E-state index contributed by atoms with van der Waals surface area (Å²) in [5.74, 6) is 0.455. The largest absolute Gasteiger partial charge is 0.453 e. The number of methoxy groups -OCH3 is 1. The van der Waals surface area contributed by atoms with E-state index in [0.29, 0.717) is 24.6 Å². The average molecular weight is 275 g/mol. The Morgan fingerprint density at radius 2 is 2.10 bits per heavy atom. The summed E-state index contributed by atoms with van der Waals surface area (Å²) < 4.78 is 10.7. The van der Waals surface area contributed by atoms with Gasteiger partial charge in [-0.05, 0) is 18.4 Å². The van der Waals surface area contributed by atoms with Gasteiger partial charge in [0.2, 0.25) is 0 Å². The molecule has 2 aliphatic rings. The molecule has 1 aromatic carbocycles. The van der Waals surface area contributed by atoms with Crippen molar-refractivity contribution in [3.05, 3.63) is 35.9 Å². The Morgan fingerprint density at radius 1 is 1.30 bits per heavy atom. The molecule has 0 radical (unpaired) electrons. The first kappa shape index (κ1) is 13.4. The molecule has 4 nitrogen and oxygen atoms in total. The number of likely N-dealkylation sites (tertiary alicyclic amines) is 1. The van der Waals surface area contributed by atoms with Crippen molar-refractivity contribution in [1.29, 1.82) is 0 Å². The van der Waals surface area contributed by atoms with Gasteiger partial charge < -0.3 is 9.47 Å². The Morgan fingerprint density at radius 3 is 2.85 bits per heavy atom. The number of carbonyl (C=O) groups excluding carboxylic acids is 1. The minimum absolute atomic E-state index is 0.185. The van der Waals surface area contributed by atoms with Crippen molar-refractivity contribution < 1.29 is 14.3 Å². The second-order valence-corrected chi connectivity index (χ2v) is 5.63. The smallest absolute Gasteiger partial charge is 0.410 e. The van der Waals surface area contributed by atoms with Crippen LogP contribution in [-0.4, -0.2) is 36.8 Å². The number of fused-ring (bicyclic) bond motifs is 1. The van der Waals surface area contributed by atoms with Crippen LogP contribution in [0.25, 0.3) is 0 Å². The normalized spacial score (nSPS) is 27.9. The summed E-state index contributed by atoms with van der Waals surface area (Å²) in [4.78, 5) is 13.5. The van der Waals surface area contributed by atoms with E-state index in [1.165, 1.54) is 19.1 Å². The van der Waals surface area contributed by atoms with Crippen LogP contribution in [0.4, 0.5) is 4.79 Å². The van der Waals surface area contributed by atoms with Crippen LogP contribution in [0.5, 0.6) is 0 Å². The number of carbonyl (C=O) groups is 1. The predicted octanol–water partition coefficient (Wildman–Crippen LogP) is 2.82. The van der Waals surface area contributed by atoms with E-state index in [9.17, 15) is 4.79 Å². The Kier molecular flexibility index (Phi) is 3.92. The molecule has 0 spiro atoms. The molecule has 1 heterocycles. The minimum Gasteiger partial charge on any atom is -0.453 e. The van der Waals surface area contributed by atoms with Crippen LogP contribution in [0, 0.1) is 5.92 Å². The lowest BCUT2D eigenvalue weighted by atomic mass is 9.90. The molecule has 0 bridgehead atoms. The third kappa shape index (κ3) is 2.66. The number of nitrogens with zero attached hydrogens (tertiary/aromatic N) is 1. The first-order valence-electron chi connectivity index (χ1n) is 7.29. The van der Waals surface area contributed by atoms with Gasteiger partial charge in [0, 0.05) is 5.92 Å². The fraction of sp³-hybridized carbons (Fsp3) is 0.562. The average Bonchev–Trinajstić information content (AvgIpc) is 3.23. The zero-order valence-electron chi connectivity index (χ0n) is 11.8. The lowest BCUT2D eigenvalue weighted by Gasteiger charge is -2.19. The first-order chi connectivity index (χ1) is 9.81. The van der Waals surface area contributed by atoms with Gasteiger partial charge in [-0.2, -0.15) is 0 Å². The second kappa shape index (κ2) is 5.83. The number of benzene rings is 1. The Bertz CT molecular complexity index is 462. The molecule has 3 rings (SSSR count). The lowest BCUT2D eigenvalue weighted by molar-refractivity contribution is 0.0751. The third-order valence-electron chi connectivity index (χ3n) is 4.37. The maximum atomic E-state index is 11.6. The predicted molar refractivity (Wildman–Crippen MR) is 75.3 cm³/mol. The molecule has 108 valence electrons. The number of amides is 1. The van der Waals surface area contributed by atoms with Gasteiger partial charge in [0.1, 0.15) is 0 Å². The summed E-state index contributed by atoms with van der Waals surface area (Å²) in [7, 11) is 1.45. The van der Waals surface area contributed by atoms with Crippen molar-refractivity contribution in [2.24, 2.45) is 5.92 Å². The quantitative estimate of drug-likeness (QED) is 0.793. The van der Waals surface area contributed by atoms with Crippen LogP contribution in [-0.2, 0) is 16.1 Å². The van der Waals surface area contributed by atoms with Gasteiger partial charge in [0.05, 0.1) is 32.4 Å². The summed E-state index contributed by atoms with van der Waals surface area (Å²) in [6.07, 6.45) is 3.24. The Balaban J connectivity index is 1.49. The molecule has 3 atom stereocenters. The second-order valence-electron chi connectivity index (χ2n) is 5.63. The van der Waals surface area contributed by atoms with Gasteiger partial charge in [0.15, 0.2) is 0 Å². The molecule has 0 unspecified atom stereocenters. The molecule has 1 aliphatic heterocycles. The van der Waals surface area contributed by atoms with Crippen LogP contribution in [0.2, 0.25) is 0 Å². The highest BCUT2D eigenvalue weighted by Gasteiger charge is 2.56. The molecule has 1 amide bonds. The topological polar surface area (TPSA) is 38.5 Å². The Hall–Kier alpha value is -1.55. The van der Waals surface area contributed by atoms with Gasteiger partial charge in [-0.3, -0.25) is 4.90 Å². The fourth-order valence-electron chi connectivity index (χ4n) is 3.36. The van der Waals surface area contributed by atoms with Crippen molar-refractivity contribution in [1.82, 2.24) is 4.90 Å². The molecule has 1 aliphatic carbocycles. The lowest BCUT2D eigenvalue weighted by Crippen LogP contribution is -2.23. The maximum Gasteiger partial charge on any atom is 0.410 e. The van der Waals surface area contributed by atoms with Gasteiger partial charge in [0.25, 0.3) is 0 Å². The van der Waals surface area contributed by atoms with E-state index in [1.54, 1.807) is 0 Å². The van der Waals surface area contributed by atoms with Gasteiger partial charge >= 0.3 is 6.09 Å². The van der Waals surface area contributed by atoms with E-state index in [2.05, 4.69) is 12.1 Å². The highest BCUT2D eigenvalue weighted by molar-refractivity contribution is 5.72. The van der Waals surface area contributed by atoms with Crippen LogP contribution in [0.15, 0.2) is 30.3 Å². The zero-order chi connectivity index (χ0) is 13.9. The van der Waals surface area contributed by atoms with E-state index in [1.807, 2.05) is 23.1 Å². The summed E-state index contributed by atoms with van der Waals surface area (Å²) in [5.41, 5.74) is 1.19. The maximum absolute atomic E-state index is 11.6. The van der Waals surface area contributed by atoms with Crippen molar-refractivity contribution >= 4 is 6.09 Å².